The van der Waals surface area contributed by atoms with Gasteiger partial charge >= 0.3 is 12.1 Å². The maximum Gasteiger partial charge on any atom is 0.411 e. The van der Waals surface area contributed by atoms with Crippen molar-refractivity contribution in [2.24, 2.45) is 11.8 Å². The Hall–Kier alpha value is -1.78. The van der Waals surface area contributed by atoms with Gasteiger partial charge in [-0.3, -0.25) is 9.69 Å². The van der Waals surface area contributed by atoms with E-state index in [-0.39, 0.29) is 23.8 Å². The van der Waals surface area contributed by atoms with Crippen LogP contribution in [-0.4, -0.2) is 41.3 Å². The average molecular weight is 321 g/mol. The number of carbonyl (C=O) groups excluding carboxylic acids is 2. The smallest absolute Gasteiger partial charge is 0.411 e. The molecule has 23 heavy (non-hydrogen) atoms. The van der Waals surface area contributed by atoms with E-state index in [1.807, 2.05) is 26.8 Å². The Labute approximate surface area is 138 Å². The number of amides is 1. The number of allylic oxidation sites excluding steroid dienone is 1. The number of hydrogen-bond acceptors (Lipinski definition) is 4. The van der Waals surface area contributed by atoms with E-state index in [4.69, 9.17) is 9.47 Å². The van der Waals surface area contributed by atoms with E-state index in [0.29, 0.717) is 6.61 Å². The molecule has 5 nitrogen and oxygen atoms in total. The minimum Gasteiger partial charge on any atom is -0.466 e. The topological polar surface area (TPSA) is 55.8 Å². The van der Waals surface area contributed by atoms with Crippen LogP contribution in [0.15, 0.2) is 24.8 Å². The summed E-state index contributed by atoms with van der Waals surface area (Å²) in [5.41, 5.74) is -0.585. The maximum absolute atomic E-state index is 12.7. The van der Waals surface area contributed by atoms with Crippen LogP contribution in [0.25, 0.3) is 0 Å². The molecule has 0 bridgehead atoms. The lowest BCUT2D eigenvalue weighted by atomic mass is 9.81. The summed E-state index contributed by atoms with van der Waals surface area (Å²) in [5.74, 6) is -0.585. The summed E-state index contributed by atoms with van der Waals surface area (Å²) in [5, 5.41) is 0. The molecule has 0 saturated carbocycles. The van der Waals surface area contributed by atoms with Crippen LogP contribution in [0.2, 0.25) is 0 Å². The van der Waals surface area contributed by atoms with Crippen molar-refractivity contribution in [3.63, 3.8) is 0 Å². The Morgan fingerprint density at radius 3 is 2.65 bits per heavy atom. The van der Waals surface area contributed by atoms with E-state index in [1.54, 1.807) is 17.9 Å². The molecule has 2 aliphatic rings. The van der Waals surface area contributed by atoms with Gasteiger partial charge in [0.2, 0.25) is 0 Å². The summed E-state index contributed by atoms with van der Waals surface area (Å²) in [6, 6.07) is -0.544. The van der Waals surface area contributed by atoms with Crippen molar-refractivity contribution in [2.75, 3.05) is 6.61 Å². The van der Waals surface area contributed by atoms with Gasteiger partial charge in [-0.25, -0.2) is 4.79 Å². The molecule has 0 unspecified atom stereocenters. The lowest BCUT2D eigenvalue weighted by Crippen LogP contribution is -2.45. The monoisotopic (exact) mass is 321 g/mol. The zero-order valence-electron chi connectivity index (χ0n) is 14.5. The molecule has 1 heterocycles. The fourth-order valence-corrected chi connectivity index (χ4v) is 3.52. The highest BCUT2D eigenvalue weighted by molar-refractivity contribution is 5.78. The van der Waals surface area contributed by atoms with E-state index in [1.165, 1.54) is 0 Å². The zero-order chi connectivity index (χ0) is 17.2. The first-order valence-electron chi connectivity index (χ1n) is 8.27. The Bertz CT molecular complexity index is 506. The van der Waals surface area contributed by atoms with E-state index < -0.39 is 17.7 Å². The third-order valence-electron chi connectivity index (χ3n) is 4.31. The predicted molar refractivity (Wildman–Crippen MR) is 87.8 cm³/mol. The Kier molecular flexibility index (Phi) is 5.17. The van der Waals surface area contributed by atoms with Gasteiger partial charge in [-0.2, -0.15) is 0 Å². The number of ether oxygens (including phenoxy) is 2. The largest absolute Gasteiger partial charge is 0.466 e. The molecule has 4 atom stereocenters. The summed E-state index contributed by atoms with van der Waals surface area (Å²) < 4.78 is 10.8. The average Bonchev–Trinajstić information content (AvgIpc) is 2.79. The molecule has 128 valence electrons. The molecular formula is C18H27NO4. The van der Waals surface area contributed by atoms with Gasteiger partial charge in [0.05, 0.1) is 24.6 Å². The zero-order valence-corrected chi connectivity index (χ0v) is 14.5. The lowest BCUT2D eigenvalue weighted by Gasteiger charge is -2.32. The van der Waals surface area contributed by atoms with Crippen molar-refractivity contribution >= 4 is 12.1 Å². The summed E-state index contributed by atoms with van der Waals surface area (Å²) in [6.45, 7) is 11.5. The molecule has 0 aromatic carbocycles. The molecule has 0 radical (unpaired) electrons. The van der Waals surface area contributed by atoms with Gasteiger partial charge in [0, 0.05) is 0 Å². The van der Waals surface area contributed by atoms with Gasteiger partial charge in [-0.15, -0.1) is 6.58 Å². The molecule has 1 aliphatic heterocycles. The normalized spacial score (nSPS) is 29.8. The second kappa shape index (κ2) is 6.77. The lowest BCUT2D eigenvalue weighted by molar-refractivity contribution is -0.149. The van der Waals surface area contributed by atoms with Crippen LogP contribution in [0.5, 0.6) is 0 Å². The van der Waals surface area contributed by atoms with E-state index in [9.17, 15) is 9.59 Å². The number of esters is 1. The number of nitrogens with zero attached hydrogens (tertiary/aromatic N) is 1. The molecule has 1 aliphatic carbocycles. The number of carbonyl (C=O) groups is 2. The standard InChI is InChI=1S/C18H27NO4/c1-6-13-15(16(20)22-7-2)12-10-8-9-11-14(12)19(13)17(21)23-18(3,4)5/h6,9,11-15H,1,7-8,10H2,2-5H3/t12-,13-,14+,15+/m1/s1. The first kappa shape index (κ1) is 17.6. The fraction of sp³-hybridized carbons (Fsp3) is 0.667. The van der Waals surface area contributed by atoms with E-state index >= 15 is 0 Å². The van der Waals surface area contributed by atoms with Crippen LogP contribution in [0, 0.1) is 11.8 Å². The molecule has 0 aromatic heterocycles. The van der Waals surface area contributed by atoms with E-state index in [2.05, 4.69) is 12.7 Å². The van der Waals surface area contributed by atoms with Crippen LogP contribution in [0.1, 0.15) is 40.5 Å². The predicted octanol–water partition coefficient (Wildman–Crippen LogP) is 3.31. The molecular weight excluding hydrogens is 294 g/mol. The molecule has 1 fully saturated rings. The number of rotatable bonds is 3. The van der Waals surface area contributed by atoms with Gasteiger partial charge in [-0.05, 0) is 46.5 Å². The minimum absolute atomic E-state index is 0.0505. The van der Waals surface area contributed by atoms with Crippen molar-refractivity contribution in [3.8, 4) is 0 Å². The van der Waals surface area contributed by atoms with Gasteiger partial charge in [0.15, 0.2) is 0 Å². The molecule has 1 saturated heterocycles. The summed E-state index contributed by atoms with van der Waals surface area (Å²) in [7, 11) is 0. The third-order valence-corrected chi connectivity index (χ3v) is 4.31. The van der Waals surface area contributed by atoms with Gasteiger partial charge in [-0.1, -0.05) is 18.2 Å². The fourth-order valence-electron chi connectivity index (χ4n) is 3.52. The Balaban J connectivity index is 2.34. The van der Waals surface area contributed by atoms with E-state index in [0.717, 1.165) is 12.8 Å². The highest BCUT2D eigenvalue weighted by Gasteiger charge is 2.53. The maximum atomic E-state index is 12.7. The highest BCUT2D eigenvalue weighted by atomic mass is 16.6. The first-order valence-corrected chi connectivity index (χ1v) is 8.27. The second-order valence-corrected chi connectivity index (χ2v) is 7.05. The van der Waals surface area contributed by atoms with Crippen molar-refractivity contribution in [1.29, 1.82) is 0 Å². The summed E-state index contributed by atoms with van der Waals surface area (Å²) in [6.07, 6.45) is 7.09. The summed E-state index contributed by atoms with van der Waals surface area (Å²) in [4.78, 5) is 26.8. The van der Waals surface area contributed by atoms with Crippen LogP contribution in [-0.2, 0) is 14.3 Å². The Morgan fingerprint density at radius 2 is 2.09 bits per heavy atom. The molecule has 0 N–H and O–H groups in total. The minimum atomic E-state index is -0.585. The van der Waals surface area contributed by atoms with Crippen LogP contribution >= 0.6 is 0 Å². The summed E-state index contributed by atoms with van der Waals surface area (Å²) >= 11 is 0. The number of hydrogen-bond donors (Lipinski definition) is 0. The van der Waals surface area contributed by atoms with Crippen molar-refractivity contribution in [1.82, 2.24) is 4.90 Å². The van der Waals surface area contributed by atoms with Gasteiger partial charge in [0.1, 0.15) is 5.60 Å². The second-order valence-electron chi connectivity index (χ2n) is 7.05. The van der Waals surface area contributed by atoms with Gasteiger partial charge in [0.25, 0.3) is 0 Å². The van der Waals surface area contributed by atoms with Crippen molar-refractivity contribution in [3.05, 3.63) is 24.8 Å². The van der Waals surface area contributed by atoms with Gasteiger partial charge < -0.3 is 9.47 Å². The van der Waals surface area contributed by atoms with Crippen LogP contribution in [0.3, 0.4) is 0 Å². The van der Waals surface area contributed by atoms with Crippen LogP contribution in [0.4, 0.5) is 4.79 Å². The van der Waals surface area contributed by atoms with Crippen molar-refractivity contribution < 1.29 is 19.1 Å². The van der Waals surface area contributed by atoms with Crippen LogP contribution < -0.4 is 0 Å². The van der Waals surface area contributed by atoms with Crippen molar-refractivity contribution in [2.45, 2.75) is 58.2 Å². The molecule has 0 spiro atoms. The number of likely N-dealkylation sites (tertiary alicyclic amines) is 1. The SMILES string of the molecule is C=C[C@@H]1[C@@H](C(=O)OCC)[C@@H]2CCC=C[C@@H]2N1C(=O)OC(C)(C)C. The quantitative estimate of drug-likeness (QED) is 0.591. The Morgan fingerprint density at radius 1 is 1.39 bits per heavy atom. The first-order chi connectivity index (χ1) is 10.8. The number of fused-ring (bicyclic) bond motifs is 1. The highest BCUT2D eigenvalue weighted by Crippen LogP contribution is 2.43. The molecule has 5 heteroatoms. The molecule has 1 amide bonds. The molecule has 2 rings (SSSR count). The third kappa shape index (κ3) is 3.59. The molecule has 0 aromatic rings.